The molecule has 0 spiro atoms. The predicted octanol–water partition coefficient (Wildman–Crippen LogP) is 4.45. The second-order valence-corrected chi connectivity index (χ2v) is 8.41. The Morgan fingerprint density at radius 2 is 1.86 bits per heavy atom. The van der Waals surface area contributed by atoms with Gasteiger partial charge >= 0.3 is 6.03 Å². The van der Waals surface area contributed by atoms with E-state index in [4.69, 9.17) is 9.47 Å². The largest absolute Gasteiger partial charge is 0.496 e. The maximum Gasteiger partial charge on any atom is 0.335 e. The lowest BCUT2D eigenvalue weighted by Crippen LogP contribution is -2.54. The van der Waals surface area contributed by atoms with Gasteiger partial charge in [0.15, 0.2) is 0 Å². The number of carbonyl (C=O) groups is 3. The van der Waals surface area contributed by atoms with Crippen LogP contribution in [0.15, 0.2) is 77.5 Å². The topological polar surface area (TPSA) is 97.8 Å². The van der Waals surface area contributed by atoms with Gasteiger partial charge in [0.05, 0.1) is 24.4 Å². The van der Waals surface area contributed by atoms with Crippen molar-refractivity contribution in [2.75, 3.05) is 18.6 Å². The molecular weight excluding hydrogens is 466 g/mol. The molecule has 0 bridgehead atoms. The maximum absolute atomic E-state index is 13.2. The number of hydrogen-bond donors (Lipinski definition) is 1. The lowest BCUT2D eigenvalue weighted by molar-refractivity contribution is -0.122. The van der Waals surface area contributed by atoms with E-state index in [0.29, 0.717) is 35.1 Å². The summed E-state index contributed by atoms with van der Waals surface area (Å²) >= 11 is 1.54. The van der Waals surface area contributed by atoms with E-state index in [1.54, 1.807) is 61.5 Å². The molecule has 1 aliphatic rings. The summed E-state index contributed by atoms with van der Waals surface area (Å²) in [5.74, 6) is 0.419. The number of thioether (sulfide) groups is 1. The van der Waals surface area contributed by atoms with Crippen molar-refractivity contribution in [2.45, 2.75) is 17.7 Å². The molecule has 1 N–H and O–H groups in total. The Morgan fingerprint density at radius 1 is 1.06 bits per heavy atom. The zero-order valence-electron chi connectivity index (χ0n) is 19.2. The number of anilines is 1. The third kappa shape index (κ3) is 5.52. The van der Waals surface area contributed by atoms with Crippen LogP contribution >= 0.6 is 11.8 Å². The molecule has 1 fully saturated rings. The molecular formula is C26H23N3O5S. The molecule has 0 unspecified atom stereocenters. The van der Waals surface area contributed by atoms with E-state index >= 15 is 0 Å². The van der Waals surface area contributed by atoms with Crippen LogP contribution in [0.5, 0.6) is 11.5 Å². The molecule has 8 nitrogen and oxygen atoms in total. The van der Waals surface area contributed by atoms with Crippen molar-refractivity contribution in [1.29, 1.82) is 0 Å². The second kappa shape index (κ2) is 10.9. The van der Waals surface area contributed by atoms with Crippen molar-refractivity contribution in [3.05, 3.63) is 83.6 Å². The number of rotatable bonds is 8. The van der Waals surface area contributed by atoms with Gasteiger partial charge in [-0.25, -0.2) is 14.7 Å². The van der Waals surface area contributed by atoms with Crippen molar-refractivity contribution in [3.8, 4) is 11.5 Å². The highest BCUT2D eigenvalue weighted by molar-refractivity contribution is 7.98. The summed E-state index contributed by atoms with van der Waals surface area (Å²) in [6.45, 7) is 2.36. The summed E-state index contributed by atoms with van der Waals surface area (Å²) in [4.78, 5) is 43.5. The van der Waals surface area contributed by atoms with Gasteiger partial charge < -0.3 is 9.47 Å². The summed E-state index contributed by atoms with van der Waals surface area (Å²) in [5.41, 5.74) is 1.69. The van der Waals surface area contributed by atoms with Gasteiger partial charge in [0, 0.05) is 17.5 Å². The fourth-order valence-electron chi connectivity index (χ4n) is 3.50. The lowest BCUT2D eigenvalue weighted by Gasteiger charge is -2.26. The molecule has 0 saturated carbocycles. The van der Waals surface area contributed by atoms with E-state index in [0.717, 1.165) is 15.5 Å². The van der Waals surface area contributed by atoms with Gasteiger partial charge in [0.2, 0.25) is 0 Å². The summed E-state index contributed by atoms with van der Waals surface area (Å²) in [6, 6.07) is 16.8. The van der Waals surface area contributed by atoms with E-state index in [9.17, 15) is 14.4 Å². The van der Waals surface area contributed by atoms with Crippen LogP contribution in [0.25, 0.3) is 6.08 Å². The average Bonchev–Trinajstić information content (AvgIpc) is 2.87. The number of pyridine rings is 1. The first-order valence-corrected chi connectivity index (χ1v) is 11.8. The Hall–Kier alpha value is -4.11. The standard InChI is InChI=1S/C26H23N3O5S/c1-3-34-20-10-8-19(9-11-20)29-25(31)21(24(30)28-26(29)32)15-17-7-12-22(33-2)18(14-17)16-35-23-6-4-5-13-27-23/h4-15H,3,16H2,1-2H3,(H,28,30,32). The second-order valence-electron chi connectivity index (χ2n) is 7.41. The molecule has 4 amide bonds. The monoisotopic (exact) mass is 489 g/mol. The molecule has 4 rings (SSSR count). The number of urea groups is 1. The first-order chi connectivity index (χ1) is 17.0. The van der Waals surface area contributed by atoms with Crippen molar-refractivity contribution in [2.24, 2.45) is 0 Å². The Balaban J connectivity index is 1.61. The minimum absolute atomic E-state index is 0.146. The molecule has 9 heteroatoms. The number of imide groups is 2. The molecule has 1 saturated heterocycles. The molecule has 1 aliphatic heterocycles. The summed E-state index contributed by atoms with van der Waals surface area (Å²) in [7, 11) is 1.58. The van der Waals surface area contributed by atoms with E-state index in [1.165, 1.54) is 6.08 Å². The number of ether oxygens (including phenoxy) is 2. The first-order valence-electron chi connectivity index (χ1n) is 10.8. The number of hydrogen-bond acceptors (Lipinski definition) is 7. The third-order valence-corrected chi connectivity index (χ3v) is 6.13. The van der Waals surface area contributed by atoms with Crippen LogP contribution < -0.4 is 19.7 Å². The van der Waals surface area contributed by atoms with E-state index in [2.05, 4.69) is 10.3 Å². The summed E-state index contributed by atoms with van der Waals surface area (Å²) < 4.78 is 10.9. The fraction of sp³-hybridized carbons (Fsp3) is 0.154. The average molecular weight is 490 g/mol. The number of benzene rings is 2. The van der Waals surface area contributed by atoms with Gasteiger partial charge in [0.1, 0.15) is 17.1 Å². The van der Waals surface area contributed by atoms with Crippen LogP contribution in [0.4, 0.5) is 10.5 Å². The molecule has 35 heavy (non-hydrogen) atoms. The van der Waals surface area contributed by atoms with Crippen LogP contribution in [0.3, 0.4) is 0 Å². The Labute approximate surface area is 206 Å². The Morgan fingerprint density at radius 3 is 2.54 bits per heavy atom. The third-order valence-electron chi connectivity index (χ3n) is 5.14. The number of aromatic nitrogens is 1. The highest BCUT2D eigenvalue weighted by Crippen LogP contribution is 2.29. The van der Waals surface area contributed by atoms with Gasteiger partial charge in [-0.15, -0.1) is 11.8 Å². The Bertz CT molecular complexity index is 1280. The fourth-order valence-corrected chi connectivity index (χ4v) is 4.34. The van der Waals surface area contributed by atoms with E-state index < -0.39 is 17.8 Å². The molecule has 2 aromatic carbocycles. The van der Waals surface area contributed by atoms with Crippen LogP contribution in [0.1, 0.15) is 18.1 Å². The smallest absolute Gasteiger partial charge is 0.335 e. The normalized spacial score (nSPS) is 14.7. The molecule has 2 heterocycles. The minimum atomic E-state index is -0.802. The maximum atomic E-state index is 13.2. The van der Waals surface area contributed by atoms with Crippen LogP contribution in [0.2, 0.25) is 0 Å². The van der Waals surface area contributed by atoms with Gasteiger partial charge in [0.25, 0.3) is 11.8 Å². The van der Waals surface area contributed by atoms with Gasteiger partial charge in [-0.2, -0.15) is 0 Å². The molecule has 0 atom stereocenters. The number of methoxy groups -OCH3 is 1. The Kier molecular flexibility index (Phi) is 7.47. The molecule has 3 aromatic rings. The predicted molar refractivity (Wildman–Crippen MR) is 133 cm³/mol. The summed E-state index contributed by atoms with van der Waals surface area (Å²) in [5, 5.41) is 3.11. The van der Waals surface area contributed by atoms with E-state index in [1.807, 2.05) is 31.2 Å². The zero-order valence-corrected chi connectivity index (χ0v) is 20.0. The number of nitrogens with one attached hydrogen (secondary N) is 1. The van der Waals surface area contributed by atoms with Crippen LogP contribution in [0, 0.1) is 0 Å². The molecule has 1 aromatic heterocycles. The first kappa shape index (κ1) is 24.0. The van der Waals surface area contributed by atoms with Gasteiger partial charge in [-0.05, 0) is 67.1 Å². The van der Waals surface area contributed by atoms with Crippen LogP contribution in [-0.2, 0) is 15.3 Å². The quantitative estimate of drug-likeness (QED) is 0.284. The zero-order chi connectivity index (χ0) is 24.8. The number of amides is 4. The van der Waals surface area contributed by atoms with Crippen molar-refractivity contribution in [3.63, 3.8) is 0 Å². The minimum Gasteiger partial charge on any atom is -0.496 e. The van der Waals surface area contributed by atoms with Gasteiger partial charge in [-0.3, -0.25) is 14.9 Å². The molecule has 0 aliphatic carbocycles. The lowest BCUT2D eigenvalue weighted by atomic mass is 10.0. The van der Waals surface area contributed by atoms with Crippen molar-refractivity contribution < 1.29 is 23.9 Å². The van der Waals surface area contributed by atoms with Crippen LogP contribution in [-0.4, -0.2) is 36.5 Å². The van der Waals surface area contributed by atoms with Crippen molar-refractivity contribution >= 4 is 41.4 Å². The molecule has 178 valence electrons. The van der Waals surface area contributed by atoms with Gasteiger partial charge in [-0.1, -0.05) is 12.1 Å². The number of barbiturate groups is 1. The summed E-state index contributed by atoms with van der Waals surface area (Å²) in [6.07, 6.45) is 3.20. The highest BCUT2D eigenvalue weighted by atomic mass is 32.2. The number of nitrogens with zero attached hydrogens (tertiary/aromatic N) is 2. The van der Waals surface area contributed by atoms with Crippen molar-refractivity contribution in [1.82, 2.24) is 10.3 Å². The molecule has 0 radical (unpaired) electrons. The highest BCUT2D eigenvalue weighted by Gasteiger charge is 2.36. The number of carbonyl (C=O) groups excluding carboxylic acids is 3. The van der Waals surface area contributed by atoms with E-state index in [-0.39, 0.29) is 5.57 Å². The SMILES string of the molecule is CCOc1ccc(N2C(=O)NC(=O)C(=Cc3ccc(OC)c(CSc4ccccn4)c3)C2=O)cc1.